The zero-order valence-electron chi connectivity index (χ0n) is 24.4. The number of carbonyl (C=O) groups excluding carboxylic acids is 4. The maximum absolute atomic E-state index is 12.3. The minimum atomic E-state index is -0.981. The molecule has 0 aliphatic carbocycles. The van der Waals surface area contributed by atoms with Gasteiger partial charge in [-0.1, -0.05) is 12.2 Å². The van der Waals surface area contributed by atoms with Crippen molar-refractivity contribution in [2.75, 3.05) is 26.2 Å². The molecule has 0 aromatic heterocycles. The van der Waals surface area contributed by atoms with Crippen molar-refractivity contribution < 1.29 is 29.4 Å². The summed E-state index contributed by atoms with van der Waals surface area (Å²) in [5.41, 5.74) is 22.8. The molecule has 0 aromatic rings. The second kappa shape index (κ2) is 20.9. The first-order chi connectivity index (χ1) is 19.6. The predicted molar refractivity (Wildman–Crippen MR) is 159 cm³/mol. The Labute approximate surface area is 246 Å². The van der Waals surface area contributed by atoms with Crippen LogP contribution in [0.4, 0.5) is 0 Å². The summed E-state index contributed by atoms with van der Waals surface area (Å²) in [5.74, 6) is -1.68. The zero-order valence-corrected chi connectivity index (χ0v) is 24.4. The van der Waals surface area contributed by atoms with Gasteiger partial charge in [0, 0.05) is 75.1 Å². The van der Waals surface area contributed by atoms with Gasteiger partial charge in [-0.25, -0.2) is 0 Å². The molecule has 0 fully saturated rings. The van der Waals surface area contributed by atoms with Gasteiger partial charge in [0.2, 0.25) is 23.6 Å². The molecule has 4 atom stereocenters. The second-order valence-corrected chi connectivity index (χ2v) is 10.1. The van der Waals surface area contributed by atoms with Crippen LogP contribution in [0.2, 0.25) is 0 Å². The Morgan fingerprint density at radius 1 is 0.690 bits per heavy atom. The molecular formula is C26H48N10O6. The van der Waals surface area contributed by atoms with Gasteiger partial charge in [0.25, 0.3) is 0 Å². The number of aliphatic hydroxyl groups is 2. The highest BCUT2D eigenvalue weighted by Gasteiger charge is 2.17. The lowest BCUT2D eigenvalue weighted by Gasteiger charge is -2.17. The molecule has 0 saturated carbocycles. The summed E-state index contributed by atoms with van der Waals surface area (Å²) in [6.07, 6.45) is 1.46. The lowest BCUT2D eigenvalue weighted by molar-refractivity contribution is -0.122. The first-order valence-electron chi connectivity index (χ1n) is 13.6. The lowest BCUT2D eigenvalue weighted by atomic mass is 10.1. The van der Waals surface area contributed by atoms with Crippen molar-refractivity contribution in [3.05, 3.63) is 23.3 Å². The average Bonchev–Trinajstić information content (AvgIpc) is 2.87. The van der Waals surface area contributed by atoms with Gasteiger partial charge in [0.1, 0.15) is 0 Å². The number of nitrogens with one attached hydrogen (secondary N) is 6. The Bertz CT molecular complexity index is 922. The molecule has 0 heterocycles. The topological polar surface area (TPSA) is 309 Å². The smallest absolute Gasteiger partial charge is 0.247 e. The Hall–Kier alpha value is -3.86. The minimum Gasteiger partial charge on any atom is -0.391 e. The van der Waals surface area contributed by atoms with Crippen molar-refractivity contribution >= 4 is 35.3 Å². The van der Waals surface area contributed by atoms with Gasteiger partial charge in [-0.3, -0.25) is 30.0 Å². The maximum Gasteiger partial charge on any atom is 0.247 e. The fourth-order valence-electron chi connectivity index (χ4n) is 3.43. The molecule has 0 aliphatic rings. The summed E-state index contributed by atoms with van der Waals surface area (Å²) < 4.78 is 0. The van der Waals surface area contributed by atoms with Crippen LogP contribution >= 0.6 is 0 Å². The van der Waals surface area contributed by atoms with Crippen LogP contribution in [0.3, 0.4) is 0 Å². The Morgan fingerprint density at radius 2 is 1.02 bits per heavy atom. The van der Waals surface area contributed by atoms with E-state index in [9.17, 15) is 29.4 Å². The van der Waals surface area contributed by atoms with Crippen LogP contribution in [0.15, 0.2) is 23.3 Å². The standard InChI is InChI=1S/C26H48N10O6/c1-15(25(41)35-13-19(37)9-17(27)11-23(39)33-7-5-21(29)30)3-4-16(2)26(42)36-14-20(38)10-18(28)12-24(40)34-8-6-22(31)32/h3-4,17-20,37-38H,5-14,27-28H2,1-2H3,(H3,29,30)(H3,31,32)(H,33,39)(H,34,40)(H,35,41)(H,36,42)/b15-3+,16-4+/t17-,18-,19-,20-/m1/s1. The highest BCUT2D eigenvalue weighted by Crippen LogP contribution is 2.04. The third-order valence-electron chi connectivity index (χ3n) is 5.77. The van der Waals surface area contributed by atoms with E-state index in [4.69, 9.17) is 33.8 Å². The van der Waals surface area contributed by atoms with Crippen LogP contribution in [0.5, 0.6) is 0 Å². The van der Waals surface area contributed by atoms with E-state index in [0.29, 0.717) is 0 Å². The van der Waals surface area contributed by atoms with E-state index in [-0.39, 0.29) is 99.3 Å². The third kappa shape index (κ3) is 20.1. The van der Waals surface area contributed by atoms with Gasteiger partial charge in [-0.2, -0.15) is 0 Å². The van der Waals surface area contributed by atoms with E-state index in [0.717, 1.165) is 0 Å². The van der Waals surface area contributed by atoms with Crippen molar-refractivity contribution in [1.29, 1.82) is 10.8 Å². The highest BCUT2D eigenvalue weighted by atomic mass is 16.3. The van der Waals surface area contributed by atoms with Gasteiger partial charge >= 0.3 is 0 Å². The number of allylic oxidation sites excluding steroid dienone is 2. The fourth-order valence-corrected chi connectivity index (χ4v) is 3.43. The molecule has 0 unspecified atom stereocenters. The second-order valence-electron chi connectivity index (χ2n) is 10.1. The van der Waals surface area contributed by atoms with Crippen molar-refractivity contribution in [3.63, 3.8) is 0 Å². The van der Waals surface area contributed by atoms with E-state index >= 15 is 0 Å². The summed E-state index contributed by atoms with van der Waals surface area (Å²) in [5, 5.41) is 44.8. The van der Waals surface area contributed by atoms with Crippen LogP contribution in [-0.4, -0.2) is 96.0 Å². The van der Waals surface area contributed by atoms with Crippen LogP contribution in [0.1, 0.15) is 52.4 Å². The first-order valence-corrected chi connectivity index (χ1v) is 13.6. The van der Waals surface area contributed by atoms with Gasteiger partial charge in [0.05, 0.1) is 23.9 Å². The molecule has 16 N–H and O–H groups in total. The molecule has 0 rings (SSSR count). The van der Waals surface area contributed by atoms with Crippen molar-refractivity contribution in [2.24, 2.45) is 22.9 Å². The molecule has 4 amide bonds. The van der Waals surface area contributed by atoms with Crippen molar-refractivity contribution in [3.8, 4) is 0 Å². The minimum absolute atomic E-state index is 0.0296. The molecule has 16 heteroatoms. The molecular weight excluding hydrogens is 548 g/mol. The maximum atomic E-state index is 12.3. The third-order valence-corrected chi connectivity index (χ3v) is 5.77. The number of hydrogen-bond donors (Lipinski definition) is 12. The Kier molecular flexibility index (Phi) is 19.0. The van der Waals surface area contributed by atoms with E-state index < -0.39 is 36.1 Å². The van der Waals surface area contributed by atoms with Gasteiger partial charge in [-0.15, -0.1) is 0 Å². The molecule has 238 valence electrons. The predicted octanol–water partition coefficient (Wildman–Crippen LogP) is -3.07. The van der Waals surface area contributed by atoms with Crippen molar-refractivity contribution in [1.82, 2.24) is 21.3 Å². The first kappa shape index (κ1) is 38.1. The fraction of sp³-hybridized carbons (Fsp3) is 0.615. The summed E-state index contributed by atoms with van der Waals surface area (Å²) in [7, 11) is 0. The molecule has 0 aliphatic heterocycles. The Morgan fingerprint density at radius 3 is 1.33 bits per heavy atom. The van der Waals surface area contributed by atoms with E-state index in [1.54, 1.807) is 0 Å². The van der Waals surface area contributed by atoms with E-state index in [2.05, 4.69) is 21.3 Å². The number of hydrogen-bond acceptors (Lipinski definition) is 10. The number of carbonyl (C=O) groups is 4. The molecule has 42 heavy (non-hydrogen) atoms. The number of rotatable bonds is 21. The van der Waals surface area contributed by atoms with Crippen molar-refractivity contribution in [2.45, 2.75) is 76.7 Å². The molecule has 0 spiro atoms. The highest BCUT2D eigenvalue weighted by molar-refractivity contribution is 5.95. The van der Waals surface area contributed by atoms with Gasteiger partial charge < -0.3 is 54.4 Å². The average molecular weight is 597 g/mol. The number of amidine groups is 2. The number of aliphatic hydroxyl groups excluding tert-OH is 2. The summed E-state index contributed by atoms with van der Waals surface area (Å²) in [4.78, 5) is 48.3. The zero-order chi connectivity index (χ0) is 32.2. The SMILES string of the molecule is C/C(=C\C=C(/C)C(=O)NC[C@H](O)C[C@@H](N)CC(=O)NCCC(=N)N)C(=O)NC[C@H](O)C[C@@H](N)CC(=O)NCCC(=N)N. The van der Waals surface area contributed by atoms with E-state index in [1.807, 2.05) is 0 Å². The van der Waals surface area contributed by atoms with Gasteiger partial charge in [0.15, 0.2) is 0 Å². The van der Waals surface area contributed by atoms with Crippen LogP contribution in [0, 0.1) is 10.8 Å². The molecule has 16 nitrogen and oxygen atoms in total. The van der Waals surface area contributed by atoms with Gasteiger partial charge in [-0.05, 0) is 26.7 Å². The lowest BCUT2D eigenvalue weighted by Crippen LogP contribution is -2.39. The quantitative estimate of drug-likeness (QED) is 0.0274. The Balaban J connectivity index is 4.45. The van der Waals surface area contributed by atoms with E-state index in [1.165, 1.54) is 26.0 Å². The molecule has 0 bridgehead atoms. The number of nitrogens with two attached hydrogens (primary N) is 4. The normalized spacial score (nSPS) is 14.6. The summed E-state index contributed by atoms with van der Waals surface area (Å²) in [6.45, 7) is 3.33. The molecule has 0 radical (unpaired) electrons. The summed E-state index contributed by atoms with van der Waals surface area (Å²) >= 11 is 0. The largest absolute Gasteiger partial charge is 0.391 e. The molecule has 0 aromatic carbocycles. The van der Waals surface area contributed by atoms with Crippen LogP contribution in [0.25, 0.3) is 0 Å². The number of amides is 4. The summed E-state index contributed by atoms with van der Waals surface area (Å²) in [6, 6.07) is -1.26. The van der Waals surface area contributed by atoms with Crippen LogP contribution < -0.4 is 44.2 Å². The van der Waals surface area contributed by atoms with Crippen LogP contribution in [-0.2, 0) is 19.2 Å². The molecule has 0 saturated heterocycles. The monoisotopic (exact) mass is 596 g/mol.